The number of aromatic nitrogens is 2. The van der Waals surface area contributed by atoms with E-state index in [-0.39, 0.29) is 5.91 Å². The van der Waals surface area contributed by atoms with Gasteiger partial charge in [0.1, 0.15) is 5.82 Å². The predicted octanol–water partition coefficient (Wildman–Crippen LogP) is 2.35. The Kier molecular flexibility index (Phi) is 3.14. The fourth-order valence-electron chi connectivity index (χ4n) is 3.13. The van der Waals surface area contributed by atoms with Crippen LogP contribution in [0.1, 0.15) is 32.9 Å². The van der Waals surface area contributed by atoms with Crippen LogP contribution in [0.15, 0.2) is 22.8 Å². The van der Waals surface area contributed by atoms with Gasteiger partial charge in [-0.2, -0.15) is 0 Å². The van der Waals surface area contributed by atoms with Crippen molar-refractivity contribution in [3.63, 3.8) is 0 Å². The Morgan fingerprint density at radius 1 is 1.32 bits per heavy atom. The number of rotatable bonds is 1. The molecule has 4 rings (SSSR count). The fourth-order valence-corrected chi connectivity index (χ4v) is 3.51. The molecule has 2 aromatic rings. The molecular formula is C16H15BrN4O. The fraction of sp³-hybridized carbons (Fsp3) is 0.312. The number of hydrogen-bond donors (Lipinski definition) is 1. The van der Waals surface area contributed by atoms with Gasteiger partial charge in [-0.3, -0.25) is 9.78 Å². The molecular weight excluding hydrogens is 344 g/mol. The molecule has 5 nitrogen and oxygen atoms in total. The predicted molar refractivity (Wildman–Crippen MR) is 86.8 cm³/mol. The second-order valence-electron chi connectivity index (χ2n) is 5.74. The second-order valence-corrected chi connectivity index (χ2v) is 6.65. The summed E-state index contributed by atoms with van der Waals surface area (Å²) in [6.07, 6.45) is 2.77. The van der Waals surface area contributed by atoms with E-state index in [1.165, 1.54) is 5.56 Å². The molecule has 0 saturated carbocycles. The number of hydrogen-bond acceptors (Lipinski definition) is 4. The van der Waals surface area contributed by atoms with E-state index in [1.807, 2.05) is 19.2 Å². The molecule has 1 amide bonds. The van der Waals surface area contributed by atoms with Gasteiger partial charge in [0.05, 0.1) is 17.8 Å². The second kappa shape index (κ2) is 5.05. The standard InChI is InChI=1S/C16H15BrN4O/c1-9-4-12-14(7-19-16(12)22)20-15(9)21-3-2-13-10(8-21)5-11(17)6-18-13/h4-6H,2-3,7-8H2,1H3,(H,19,22). The molecule has 0 unspecified atom stereocenters. The highest BCUT2D eigenvalue weighted by Gasteiger charge is 2.25. The van der Waals surface area contributed by atoms with Gasteiger partial charge in [0.2, 0.25) is 0 Å². The van der Waals surface area contributed by atoms with Crippen LogP contribution in [0.25, 0.3) is 0 Å². The highest BCUT2D eigenvalue weighted by atomic mass is 79.9. The van der Waals surface area contributed by atoms with Gasteiger partial charge in [-0.25, -0.2) is 4.98 Å². The van der Waals surface area contributed by atoms with Crippen molar-refractivity contribution in [1.29, 1.82) is 0 Å². The molecule has 0 radical (unpaired) electrons. The van der Waals surface area contributed by atoms with Crippen LogP contribution in [0.3, 0.4) is 0 Å². The van der Waals surface area contributed by atoms with Crippen molar-refractivity contribution in [3.8, 4) is 0 Å². The number of nitrogens with one attached hydrogen (secondary N) is 1. The van der Waals surface area contributed by atoms with Crippen molar-refractivity contribution in [2.45, 2.75) is 26.4 Å². The monoisotopic (exact) mass is 358 g/mol. The van der Waals surface area contributed by atoms with Crippen molar-refractivity contribution in [3.05, 3.63) is 50.9 Å². The molecule has 2 aliphatic rings. The first-order valence-corrected chi connectivity index (χ1v) is 8.08. The minimum Gasteiger partial charge on any atom is -0.352 e. The number of aryl methyl sites for hydroxylation is 1. The van der Waals surface area contributed by atoms with E-state index in [0.717, 1.165) is 46.8 Å². The van der Waals surface area contributed by atoms with Gasteiger partial charge < -0.3 is 10.2 Å². The van der Waals surface area contributed by atoms with Crippen molar-refractivity contribution in [1.82, 2.24) is 15.3 Å². The Morgan fingerprint density at radius 3 is 3.05 bits per heavy atom. The summed E-state index contributed by atoms with van der Waals surface area (Å²) in [5.41, 5.74) is 5.00. The van der Waals surface area contributed by atoms with Crippen molar-refractivity contribution < 1.29 is 4.79 Å². The van der Waals surface area contributed by atoms with E-state index in [2.05, 4.69) is 37.2 Å². The van der Waals surface area contributed by atoms with E-state index >= 15 is 0 Å². The lowest BCUT2D eigenvalue weighted by atomic mass is 10.0. The van der Waals surface area contributed by atoms with Gasteiger partial charge in [-0.1, -0.05) is 0 Å². The first kappa shape index (κ1) is 13.7. The lowest BCUT2D eigenvalue weighted by Crippen LogP contribution is -2.32. The molecule has 22 heavy (non-hydrogen) atoms. The summed E-state index contributed by atoms with van der Waals surface area (Å²) >= 11 is 3.49. The third-order valence-corrected chi connectivity index (χ3v) is 4.67. The molecule has 0 fully saturated rings. The SMILES string of the molecule is Cc1cc2c(nc1N1CCc3ncc(Br)cc3C1)CNC2=O. The van der Waals surface area contributed by atoms with Crippen molar-refractivity contribution in [2.24, 2.45) is 0 Å². The molecule has 2 aromatic heterocycles. The zero-order chi connectivity index (χ0) is 15.3. The summed E-state index contributed by atoms with van der Waals surface area (Å²) in [5.74, 6) is 0.954. The normalized spacial score (nSPS) is 16.3. The van der Waals surface area contributed by atoms with Crippen LogP contribution in [0.2, 0.25) is 0 Å². The van der Waals surface area contributed by atoms with Gasteiger partial charge in [0, 0.05) is 35.9 Å². The van der Waals surface area contributed by atoms with E-state index in [4.69, 9.17) is 4.98 Å². The average molecular weight is 359 g/mol. The zero-order valence-corrected chi connectivity index (χ0v) is 13.8. The number of nitrogens with zero attached hydrogens (tertiary/aromatic N) is 3. The molecule has 6 heteroatoms. The molecule has 0 spiro atoms. The zero-order valence-electron chi connectivity index (χ0n) is 12.2. The van der Waals surface area contributed by atoms with Crippen LogP contribution in [0, 0.1) is 6.92 Å². The highest BCUT2D eigenvalue weighted by molar-refractivity contribution is 9.10. The Balaban J connectivity index is 1.70. The largest absolute Gasteiger partial charge is 0.352 e. The summed E-state index contributed by atoms with van der Waals surface area (Å²) in [6.45, 7) is 4.24. The summed E-state index contributed by atoms with van der Waals surface area (Å²) in [6, 6.07) is 4.08. The number of carbonyl (C=O) groups is 1. The van der Waals surface area contributed by atoms with Crippen LogP contribution in [-0.4, -0.2) is 22.4 Å². The van der Waals surface area contributed by atoms with Gasteiger partial charge >= 0.3 is 0 Å². The lowest BCUT2D eigenvalue weighted by Gasteiger charge is -2.30. The third kappa shape index (κ3) is 2.18. The maximum Gasteiger partial charge on any atom is 0.253 e. The minimum atomic E-state index is -0.0192. The first-order chi connectivity index (χ1) is 10.6. The first-order valence-electron chi connectivity index (χ1n) is 7.29. The van der Waals surface area contributed by atoms with Gasteiger partial charge in [-0.05, 0) is 46.1 Å². The minimum absolute atomic E-state index is 0.0192. The average Bonchev–Trinajstić information content (AvgIpc) is 2.86. The number of fused-ring (bicyclic) bond motifs is 2. The van der Waals surface area contributed by atoms with Crippen LogP contribution in [0.4, 0.5) is 5.82 Å². The molecule has 0 aliphatic carbocycles. The number of halogens is 1. The van der Waals surface area contributed by atoms with E-state index < -0.39 is 0 Å². The van der Waals surface area contributed by atoms with Crippen molar-refractivity contribution >= 4 is 27.7 Å². The van der Waals surface area contributed by atoms with Crippen LogP contribution in [0.5, 0.6) is 0 Å². The lowest BCUT2D eigenvalue weighted by molar-refractivity contribution is 0.0965. The Bertz CT molecular complexity index is 790. The third-order valence-electron chi connectivity index (χ3n) is 4.23. The Labute approximate surface area is 136 Å². The topological polar surface area (TPSA) is 58.1 Å². The Hall–Kier alpha value is -1.95. The Morgan fingerprint density at radius 2 is 2.18 bits per heavy atom. The molecule has 0 aromatic carbocycles. The van der Waals surface area contributed by atoms with Crippen LogP contribution in [-0.2, 0) is 19.5 Å². The quantitative estimate of drug-likeness (QED) is 0.849. The molecule has 0 atom stereocenters. The smallest absolute Gasteiger partial charge is 0.253 e. The van der Waals surface area contributed by atoms with Crippen LogP contribution < -0.4 is 10.2 Å². The summed E-state index contributed by atoms with van der Waals surface area (Å²) in [5, 5.41) is 2.83. The number of carbonyl (C=O) groups excluding carboxylic acids is 1. The molecule has 0 saturated heterocycles. The van der Waals surface area contributed by atoms with Crippen molar-refractivity contribution in [2.75, 3.05) is 11.4 Å². The summed E-state index contributed by atoms with van der Waals surface area (Å²) in [4.78, 5) is 23.2. The maximum absolute atomic E-state index is 11.7. The number of anilines is 1. The van der Waals surface area contributed by atoms with E-state index in [0.29, 0.717) is 12.1 Å². The van der Waals surface area contributed by atoms with E-state index in [1.54, 1.807) is 0 Å². The van der Waals surface area contributed by atoms with Gasteiger partial charge in [-0.15, -0.1) is 0 Å². The number of amides is 1. The van der Waals surface area contributed by atoms with Gasteiger partial charge in [0.25, 0.3) is 5.91 Å². The molecule has 1 N–H and O–H groups in total. The van der Waals surface area contributed by atoms with Gasteiger partial charge in [0.15, 0.2) is 0 Å². The molecule has 0 bridgehead atoms. The highest BCUT2D eigenvalue weighted by Crippen LogP contribution is 2.28. The van der Waals surface area contributed by atoms with E-state index in [9.17, 15) is 4.79 Å². The molecule has 2 aliphatic heterocycles. The molecule has 112 valence electrons. The number of pyridine rings is 2. The molecule has 4 heterocycles. The summed E-state index contributed by atoms with van der Waals surface area (Å²) in [7, 11) is 0. The maximum atomic E-state index is 11.7. The van der Waals surface area contributed by atoms with Crippen LogP contribution >= 0.6 is 15.9 Å². The summed E-state index contributed by atoms with van der Waals surface area (Å²) < 4.78 is 1.00.